The minimum Gasteiger partial charge on any atom is -0.375 e. The van der Waals surface area contributed by atoms with Crippen LogP contribution in [0.5, 0.6) is 0 Å². The maximum absolute atomic E-state index is 5.65. The first kappa shape index (κ1) is 10.7. The van der Waals surface area contributed by atoms with E-state index in [1.165, 1.54) is 5.56 Å². The summed E-state index contributed by atoms with van der Waals surface area (Å²) in [6.07, 6.45) is 2.96. The molecular weight excluding hydrogens is 216 g/mol. The summed E-state index contributed by atoms with van der Waals surface area (Å²) in [7, 11) is 0. The largest absolute Gasteiger partial charge is 0.375 e. The number of nitrogens with one attached hydrogen (secondary N) is 1. The maximum atomic E-state index is 5.65. The van der Waals surface area contributed by atoms with Gasteiger partial charge in [-0.15, -0.1) is 0 Å². The molecule has 1 unspecified atom stereocenters. The third kappa shape index (κ3) is 2.30. The fourth-order valence-corrected chi connectivity index (χ4v) is 2.07. The Morgan fingerprint density at radius 2 is 2.47 bits per heavy atom. The van der Waals surface area contributed by atoms with Crippen LogP contribution in [0.25, 0.3) is 5.65 Å². The topological polar surface area (TPSA) is 51.5 Å². The van der Waals surface area contributed by atoms with E-state index in [9.17, 15) is 0 Å². The molecule has 1 N–H and O–H groups in total. The molecule has 0 aromatic carbocycles. The molecule has 3 rings (SSSR count). The van der Waals surface area contributed by atoms with Gasteiger partial charge in [-0.25, -0.2) is 9.50 Å². The van der Waals surface area contributed by atoms with Gasteiger partial charge in [0.15, 0.2) is 11.5 Å². The Kier molecular flexibility index (Phi) is 2.78. The molecule has 1 aliphatic heterocycles. The van der Waals surface area contributed by atoms with Gasteiger partial charge in [0.2, 0.25) is 0 Å². The van der Waals surface area contributed by atoms with Gasteiger partial charge in [-0.2, -0.15) is 5.10 Å². The minimum atomic E-state index is 0.197. The van der Waals surface area contributed by atoms with E-state index < -0.39 is 0 Å². The summed E-state index contributed by atoms with van der Waals surface area (Å²) in [6.45, 7) is 4.65. The third-order valence-electron chi connectivity index (χ3n) is 2.94. The van der Waals surface area contributed by atoms with Crippen LogP contribution in [0, 0.1) is 6.92 Å². The molecule has 2 aromatic rings. The van der Waals surface area contributed by atoms with Crippen molar-refractivity contribution < 1.29 is 4.74 Å². The number of aryl methyl sites for hydroxylation is 1. The van der Waals surface area contributed by atoms with Crippen LogP contribution in [0.2, 0.25) is 0 Å². The summed E-state index contributed by atoms with van der Waals surface area (Å²) in [5, 5.41) is 7.78. The first-order valence-corrected chi connectivity index (χ1v) is 5.95. The number of nitrogens with zero attached hydrogens (tertiary/aromatic N) is 3. The van der Waals surface area contributed by atoms with Crippen molar-refractivity contribution in [3.63, 3.8) is 0 Å². The predicted molar refractivity (Wildman–Crippen MR) is 64.0 cm³/mol. The molecule has 5 nitrogen and oxygen atoms in total. The Labute approximate surface area is 99.8 Å². The molecule has 3 heterocycles. The van der Waals surface area contributed by atoms with E-state index in [0.29, 0.717) is 0 Å². The Balaban J connectivity index is 1.80. The van der Waals surface area contributed by atoms with E-state index in [0.717, 1.165) is 37.6 Å². The summed E-state index contributed by atoms with van der Waals surface area (Å²) in [6, 6.07) is 4.04. The molecule has 1 atom stereocenters. The molecule has 90 valence electrons. The summed E-state index contributed by atoms with van der Waals surface area (Å²) < 4.78 is 7.48. The van der Waals surface area contributed by atoms with E-state index in [1.54, 1.807) is 0 Å². The average molecular weight is 232 g/mol. The van der Waals surface area contributed by atoms with E-state index in [4.69, 9.17) is 4.74 Å². The van der Waals surface area contributed by atoms with Crippen LogP contribution >= 0.6 is 0 Å². The van der Waals surface area contributed by atoms with Gasteiger partial charge in [0.1, 0.15) is 0 Å². The first-order valence-electron chi connectivity index (χ1n) is 5.95. The minimum absolute atomic E-state index is 0.197. The molecule has 0 amide bonds. The van der Waals surface area contributed by atoms with Crippen LogP contribution in [-0.2, 0) is 11.2 Å². The normalized spacial score (nSPS) is 20.9. The number of hydrogen-bond donors (Lipinski definition) is 1. The van der Waals surface area contributed by atoms with Crippen molar-refractivity contribution in [2.24, 2.45) is 0 Å². The highest BCUT2D eigenvalue weighted by Gasteiger charge is 2.16. The number of hydrogen-bond acceptors (Lipinski definition) is 4. The van der Waals surface area contributed by atoms with Crippen molar-refractivity contribution in [3.05, 3.63) is 29.7 Å². The van der Waals surface area contributed by atoms with E-state index in [1.807, 2.05) is 22.8 Å². The van der Waals surface area contributed by atoms with Crippen molar-refractivity contribution in [1.82, 2.24) is 19.9 Å². The van der Waals surface area contributed by atoms with Crippen LogP contribution in [0.3, 0.4) is 0 Å². The zero-order chi connectivity index (χ0) is 11.7. The maximum Gasteiger partial charge on any atom is 0.155 e. The molecule has 0 spiro atoms. The smallest absolute Gasteiger partial charge is 0.155 e. The van der Waals surface area contributed by atoms with Gasteiger partial charge in [0.05, 0.1) is 12.7 Å². The predicted octanol–water partition coefficient (Wildman–Crippen LogP) is 0.569. The Morgan fingerprint density at radius 1 is 1.53 bits per heavy atom. The second-order valence-electron chi connectivity index (χ2n) is 4.44. The van der Waals surface area contributed by atoms with Gasteiger partial charge in [-0.3, -0.25) is 0 Å². The molecule has 17 heavy (non-hydrogen) atoms. The van der Waals surface area contributed by atoms with Crippen molar-refractivity contribution in [2.45, 2.75) is 19.4 Å². The fourth-order valence-electron chi connectivity index (χ4n) is 2.07. The summed E-state index contributed by atoms with van der Waals surface area (Å²) in [5.74, 6) is 0.851. The van der Waals surface area contributed by atoms with Gasteiger partial charge < -0.3 is 10.1 Å². The van der Waals surface area contributed by atoms with Gasteiger partial charge >= 0.3 is 0 Å². The first-order chi connectivity index (χ1) is 8.31. The highest BCUT2D eigenvalue weighted by Crippen LogP contribution is 2.08. The second kappa shape index (κ2) is 4.43. The Hall–Kier alpha value is -1.46. The zero-order valence-electron chi connectivity index (χ0n) is 9.89. The molecule has 1 aliphatic rings. The molecule has 0 bridgehead atoms. The lowest BCUT2D eigenvalue weighted by Crippen LogP contribution is -2.39. The Morgan fingerprint density at radius 3 is 3.29 bits per heavy atom. The van der Waals surface area contributed by atoms with Crippen LogP contribution in [0.4, 0.5) is 0 Å². The summed E-state index contributed by atoms with van der Waals surface area (Å²) in [4.78, 5) is 4.49. The number of ether oxygens (including phenoxy) is 1. The summed E-state index contributed by atoms with van der Waals surface area (Å²) in [5.41, 5.74) is 2.08. The average Bonchev–Trinajstić information content (AvgIpc) is 2.71. The van der Waals surface area contributed by atoms with Crippen molar-refractivity contribution in [1.29, 1.82) is 0 Å². The number of rotatable bonds is 2. The standard InChI is InChI=1S/C12H16N4O/c1-9-2-3-12-14-11(15-16(12)8-9)6-10-7-13-4-5-17-10/h2-3,8,10,13H,4-7H2,1H3. The van der Waals surface area contributed by atoms with Crippen LogP contribution in [-0.4, -0.2) is 40.4 Å². The number of morpholine rings is 1. The van der Waals surface area contributed by atoms with Gasteiger partial charge in [-0.05, 0) is 18.6 Å². The highest BCUT2D eigenvalue weighted by atomic mass is 16.5. The molecule has 2 aromatic heterocycles. The monoisotopic (exact) mass is 232 g/mol. The summed E-state index contributed by atoms with van der Waals surface area (Å²) >= 11 is 0. The number of fused-ring (bicyclic) bond motifs is 1. The lowest BCUT2D eigenvalue weighted by atomic mass is 10.2. The van der Waals surface area contributed by atoms with Crippen LogP contribution in [0.15, 0.2) is 18.3 Å². The fraction of sp³-hybridized carbons (Fsp3) is 0.500. The van der Waals surface area contributed by atoms with Crippen molar-refractivity contribution in [3.8, 4) is 0 Å². The van der Waals surface area contributed by atoms with Gasteiger partial charge in [0, 0.05) is 25.7 Å². The molecule has 0 aliphatic carbocycles. The van der Waals surface area contributed by atoms with Crippen LogP contribution < -0.4 is 5.32 Å². The lowest BCUT2D eigenvalue weighted by molar-refractivity contribution is 0.0281. The van der Waals surface area contributed by atoms with E-state index in [-0.39, 0.29) is 6.10 Å². The SMILES string of the molecule is Cc1ccc2nc(CC3CNCCO3)nn2c1. The van der Waals surface area contributed by atoms with Gasteiger partial charge in [-0.1, -0.05) is 6.07 Å². The molecule has 1 saturated heterocycles. The van der Waals surface area contributed by atoms with Crippen molar-refractivity contribution in [2.75, 3.05) is 19.7 Å². The quantitative estimate of drug-likeness (QED) is 0.822. The second-order valence-corrected chi connectivity index (χ2v) is 4.44. The molecule has 1 fully saturated rings. The zero-order valence-corrected chi connectivity index (χ0v) is 9.89. The molecule has 0 radical (unpaired) electrons. The highest BCUT2D eigenvalue weighted by molar-refractivity contribution is 5.38. The lowest BCUT2D eigenvalue weighted by Gasteiger charge is -2.22. The van der Waals surface area contributed by atoms with E-state index in [2.05, 4.69) is 22.3 Å². The molecule has 5 heteroatoms. The number of pyridine rings is 1. The Bertz CT molecular complexity index is 516. The van der Waals surface area contributed by atoms with Crippen LogP contribution in [0.1, 0.15) is 11.4 Å². The number of aromatic nitrogens is 3. The third-order valence-corrected chi connectivity index (χ3v) is 2.94. The molecular formula is C12H16N4O. The molecule has 0 saturated carbocycles. The van der Waals surface area contributed by atoms with Gasteiger partial charge in [0.25, 0.3) is 0 Å². The van der Waals surface area contributed by atoms with Crippen molar-refractivity contribution >= 4 is 5.65 Å². The van der Waals surface area contributed by atoms with E-state index >= 15 is 0 Å².